The molecule has 1 fully saturated rings. The zero-order chi connectivity index (χ0) is 22.3. The van der Waals surface area contributed by atoms with E-state index in [1.54, 1.807) is 0 Å². The van der Waals surface area contributed by atoms with Crippen LogP contribution in [0.1, 0.15) is 53.6 Å². The Morgan fingerprint density at radius 3 is 2.53 bits per heavy atom. The normalized spacial score (nSPS) is 14.2. The smallest absolute Gasteiger partial charge is 0.341 e. The highest BCUT2D eigenvalue weighted by molar-refractivity contribution is 5.94. The Balaban J connectivity index is 1.60. The molecule has 4 rings (SSSR count). The Labute approximate surface area is 189 Å². The van der Waals surface area contributed by atoms with E-state index in [2.05, 4.69) is 33.5 Å². The molecule has 1 saturated carbocycles. The van der Waals surface area contributed by atoms with E-state index in [1.165, 1.54) is 43.9 Å². The van der Waals surface area contributed by atoms with Gasteiger partial charge < -0.3 is 15.3 Å². The van der Waals surface area contributed by atoms with Gasteiger partial charge >= 0.3 is 5.97 Å². The number of rotatable bonds is 8. The molecule has 0 radical (unpaired) electrons. The average Bonchev–Trinajstić information content (AvgIpc) is 2.84. The van der Waals surface area contributed by atoms with Crippen LogP contribution in [0.15, 0.2) is 60.8 Å². The molecule has 6 nitrogen and oxygen atoms in total. The number of aromatic nitrogens is 2. The number of carbonyl (C=O) groups is 1. The number of hydrogen-bond acceptors (Lipinski definition) is 5. The lowest BCUT2D eigenvalue weighted by molar-refractivity contribution is 0.0697. The van der Waals surface area contributed by atoms with Gasteiger partial charge in [0.25, 0.3) is 0 Å². The highest BCUT2D eigenvalue weighted by Crippen LogP contribution is 2.30. The number of hydrogen-bond donors (Lipinski definition) is 2. The van der Waals surface area contributed by atoms with Crippen molar-refractivity contribution < 1.29 is 9.90 Å². The first kappa shape index (κ1) is 21.8. The van der Waals surface area contributed by atoms with E-state index in [4.69, 9.17) is 0 Å². The first-order valence-electron chi connectivity index (χ1n) is 11.3. The lowest BCUT2D eigenvalue weighted by Gasteiger charge is -2.24. The summed E-state index contributed by atoms with van der Waals surface area (Å²) in [6, 6.07) is 18.3. The van der Waals surface area contributed by atoms with E-state index in [0.29, 0.717) is 17.7 Å². The van der Waals surface area contributed by atoms with Crippen molar-refractivity contribution in [2.75, 3.05) is 23.8 Å². The summed E-state index contributed by atoms with van der Waals surface area (Å²) in [6.45, 7) is 0.820. The Kier molecular flexibility index (Phi) is 7.00. The van der Waals surface area contributed by atoms with Gasteiger partial charge in [-0.1, -0.05) is 67.8 Å². The van der Waals surface area contributed by atoms with Crippen molar-refractivity contribution in [3.63, 3.8) is 0 Å². The second kappa shape index (κ2) is 10.3. The van der Waals surface area contributed by atoms with Gasteiger partial charge in [-0.15, -0.1) is 0 Å². The molecule has 0 amide bonds. The number of nitrogens with zero attached hydrogens (tertiary/aromatic N) is 3. The molecule has 0 aliphatic heterocycles. The van der Waals surface area contributed by atoms with E-state index in [1.807, 2.05) is 48.3 Å². The number of benzene rings is 2. The molecule has 3 aromatic rings. The van der Waals surface area contributed by atoms with E-state index in [-0.39, 0.29) is 5.56 Å². The summed E-state index contributed by atoms with van der Waals surface area (Å²) >= 11 is 0. The second-order valence-electron chi connectivity index (χ2n) is 8.47. The molecule has 1 aliphatic rings. The number of anilines is 3. The maximum atomic E-state index is 11.9. The van der Waals surface area contributed by atoms with Gasteiger partial charge in [-0.25, -0.2) is 9.78 Å². The fourth-order valence-corrected chi connectivity index (χ4v) is 4.41. The first-order valence-corrected chi connectivity index (χ1v) is 11.3. The molecule has 1 heterocycles. The molecule has 0 atom stereocenters. The monoisotopic (exact) mass is 430 g/mol. The van der Waals surface area contributed by atoms with Crippen molar-refractivity contribution in [2.24, 2.45) is 5.92 Å². The van der Waals surface area contributed by atoms with Crippen LogP contribution in [0.4, 0.5) is 17.5 Å². The van der Waals surface area contributed by atoms with Crippen molar-refractivity contribution in [2.45, 2.75) is 38.5 Å². The van der Waals surface area contributed by atoms with Crippen molar-refractivity contribution in [3.8, 4) is 0 Å². The fraction of sp³-hybridized carbons (Fsp3) is 0.346. The summed E-state index contributed by atoms with van der Waals surface area (Å²) in [4.78, 5) is 22.7. The van der Waals surface area contributed by atoms with Crippen LogP contribution in [0.3, 0.4) is 0 Å². The molecular weight excluding hydrogens is 400 g/mol. The van der Waals surface area contributed by atoms with Gasteiger partial charge in [0.05, 0.1) is 0 Å². The molecule has 2 N–H and O–H groups in total. The predicted molar refractivity (Wildman–Crippen MR) is 128 cm³/mol. The van der Waals surface area contributed by atoms with E-state index in [0.717, 1.165) is 24.2 Å². The van der Waals surface area contributed by atoms with Crippen molar-refractivity contribution in [1.82, 2.24) is 9.97 Å². The summed E-state index contributed by atoms with van der Waals surface area (Å²) in [5.41, 5.74) is 3.32. The van der Waals surface area contributed by atoms with Crippen LogP contribution in [0.2, 0.25) is 0 Å². The topological polar surface area (TPSA) is 78.4 Å². The van der Waals surface area contributed by atoms with Gasteiger partial charge in [0, 0.05) is 25.5 Å². The third kappa shape index (κ3) is 5.25. The minimum atomic E-state index is -1.04. The SMILES string of the molecule is CN(c1ccccc1Cc1ccccc1)c1nc(NCC2CCCCC2)ncc1C(=O)O. The first-order chi connectivity index (χ1) is 15.6. The van der Waals surface area contributed by atoms with Crippen LogP contribution in [-0.2, 0) is 6.42 Å². The van der Waals surface area contributed by atoms with Crippen LogP contribution < -0.4 is 10.2 Å². The Hall–Kier alpha value is -3.41. The maximum Gasteiger partial charge on any atom is 0.341 e. The number of para-hydroxylation sites is 1. The fourth-order valence-electron chi connectivity index (χ4n) is 4.41. The summed E-state index contributed by atoms with van der Waals surface area (Å²) in [6.07, 6.45) is 8.47. The van der Waals surface area contributed by atoms with Gasteiger partial charge in [0.2, 0.25) is 5.95 Å². The molecule has 0 saturated heterocycles. The summed E-state index contributed by atoms with van der Waals surface area (Å²) < 4.78 is 0. The molecule has 1 aliphatic carbocycles. The van der Waals surface area contributed by atoms with Crippen LogP contribution >= 0.6 is 0 Å². The number of carboxylic acids is 1. The third-order valence-electron chi connectivity index (χ3n) is 6.18. The lowest BCUT2D eigenvalue weighted by atomic mass is 9.89. The van der Waals surface area contributed by atoms with Gasteiger partial charge in [-0.3, -0.25) is 0 Å². The quantitative estimate of drug-likeness (QED) is 0.489. The molecule has 32 heavy (non-hydrogen) atoms. The maximum absolute atomic E-state index is 11.9. The van der Waals surface area contributed by atoms with Gasteiger partial charge in [0.15, 0.2) is 5.82 Å². The number of aromatic carboxylic acids is 1. The molecule has 0 unspecified atom stereocenters. The zero-order valence-electron chi connectivity index (χ0n) is 18.5. The molecule has 1 aromatic heterocycles. The van der Waals surface area contributed by atoms with Gasteiger partial charge in [0.1, 0.15) is 5.56 Å². The van der Waals surface area contributed by atoms with Crippen LogP contribution in [0.25, 0.3) is 0 Å². The largest absolute Gasteiger partial charge is 0.477 e. The molecular formula is C26H30N4O2. The van der Waals surface area contributed by atoms with Crippen molar-refractivity contribution >= 4 is 23.4 Å². The van der Waals surface area contributed by atoms with Crippen LogP contribution in [0, 0.1) is 5.92 Å². The lowest BCUT2D eigenvalue weighted by Crippen LogP contribution is -2.21. The van der Waals surface area contributed by atoms with E-state index in [9.17, 15) is 9.90 Å². The minimum absolute atomic E-state index is 0.0882. The second-order valence-corrected chi connectivity index (χ2v) is 8.47. The van der Waals surface area contributed by atoms with E-state index >= 15 is 0 Å². The third-order valence-corrected chi connectivity index (χ3v) is 6.18. The molecule has 166 valence electrons. The Morgan fingerprint density at radius 2 is 1.78 bits per heavy atom. The standard InChI is InChI=1S/C26H30N4O2/c1-30(23-15-9-8-14-21(23)16-19-10-4-2-5-11-19)24-22(25(31)32)18-28-26(29-24)27-17-20-12-6-3-7-13-20/h2,4-5,8-11,14-15,18,20H,3,6-7,12-13,16-17H2,1H3,(H,31,32)(H,27,28,29). The van der Waals surface area contributed by atoms with Gasteiger partial charge in [-0.2, -0.15) is 4.98 Å². The molecule has 0 bridgehead atoms. The predicted octanol–water partition coefficient (Wildman–Crippen LogP) is 5.53. The Morgan fingerprint density at radius 1 is 1.06 bits per heavy atom. The highest BCUT2D eigenvalue weighted by Gasteiger charge is 2.21. The molecule has 6 heteroatoms. The summed E-state index contributed by atoms with van der Waals surface area (Å²) in [5, 5.41) is 13.1. The molecule has 2 aromatic carbocycles. The van der Waals surface area contributed by atoms with Gasteiger partial charge in [-0.05, 0) is 42.4 Å². The van der Waals surface area contributed by atoms with Crippen LogP contribution in [-0.4, -0.2) is 34.6 Å². The number of nitrogens with one attached hydrogen (secondary N) is 1. The summed E-state index contributed by atoms with van der Waals surface area (Å²) in [7, 11) is 1.86. The molecule has 0 spiro atoms. The zero-order valence-corrected chi connectivity index (χ0v) is 18.5. The number of carboxylic acid groups (broad SMARTS) is 1. The summed E-state index contributed by atoms with van der Waals surface area (Å²) in [5.74, 6) is 0.451. The Bertz CT molecular complexity index is 1050. The van der Waals surface area contributed by atoms with Crippen LogP contribution in [0.5, 0.6) is 0 Å². The van der Waals surface area contributed by atoms with Crippen molar-refractivity contribution in [1.29, 1.82) is 0 Å². The van der Waals surface area contributed by atoms with E-state index < -0.39 is 5.97 Å². The van der Waals surface area contributed by atoms with Crippen molar-refractivity contribution in [3.05, 3.63) is 77.5 Å². The minimum Gasteiger partial charge on any atom is -0.477 e. The highest BCUT2D eigenvalue weighted by atomic mass is 16.4. The average molecular weight is 431 g/mol.